The average molecular weight is 372 g/mol. The molecule has 2 heterocycles. The maximum absolute atomic E-state index is 12.2. The number of hydrogen-bond donors (Lipinski definition) is 2. The predicted octanol–water partition coefficient (Wildman–Crippen LogP) is 3.47. The maximum atomic E-state index is 12.2. The van der Waals surface area contributed by atoms with Gasteiger partial charge in [-0.15, -0.1) is 0 Å². The van der Waals surface area contributed by atoms with Crippen molar-refractivity contribution in [1.29, 1.82) is 0 Å². The quantitative estimate of drug-likeness (QED) is 0.512. The Morgan fingerprint density at radius 3 is 1.89 bits per heavy atom. The first kappa shape index (κ1) is 18.9. The highest BCUT2D eigenvalue weighted by atomic mass is 16.2. The maximum Gasteiger partial charge on any atom is 0.271 e. The molecule has 0 atom stereocenters. The van der Waals surface area contributed by atoms with Crippen LogP contribution in [0.5, 0.6) is 0 Å². The molecule has 7 nitrogen and oxygen atoms in total. The Balaban J connectivity index is 1.60. The molecule has 0 saturated carbocycles. The molecular weight excluding hydrogens is 352 g/mol. The van der Waals surface area contributed by atoms with Crippen LogP contribution in [0.15, 0.2) is 83.3 Å². The highest BCUT2D eigenvalue weighted by Crippen LogP contribution is 2.10. The molecule has 1 amide bonds. The van der Waals surface area contributed by atoms with E-state index in [4.69, 9.17) is 0 Å². The Labute approximate surface area is 163 Å². The van der Waals surface area contributed by atoms with Gasteiger partial charge in [-0.05, 0) is 62.4 Å². The third kappa shape index (κ3) is 5.07. The van der Waals surface area contributed by atoms with Crippen LogP contribution in [-0.4, -0.2) is 27.3 Å². The molecule has 0 aliphatic heterocycles. The summed E-state index contributed by atoms with van der Waals surface area (Å²) in [5.74, 6) is -0.296. The van der Waals surface area contributed by atoms with Crippen LogP contribution >= 0.6 is 0 Å². The zero-order chi connectivity index (χ0) is 19.8. The number of nitrogens with zero attached hydrogens (tertiary/aromatic N) is 4. The standard InChI is InChI=1S/C21H20N6O/c1-15(19-7-3-5-13-22-19)24-26-18-11-9-17(10-12-18)21(28)27-25-16(2)20-8-4-6-14-23-20/h3-14,26H,1-2H3,(H,27,28)/b24-15-,25-16-. The molecule has 0 aliphatic rings. The molecule has 2 N–H and O–H groups in total. The number of anilines is 1. The zero-order valence-electron chi connectivity index (χ0n) is 15.6. The van der Waals surface area contributed by atoms with Crippen molar-refractivity contribution < 1.29 is 4.79 Å². The van der Waals surface area contributed by atoms with Crippen LogP contribution in [0.2, 0.25) is 0 Å². The van der Waals surface area contributed by atoms with E-state index < -0.39 is 0 Å². The van der Waals surface area contributed by atoms with Crippen molar-refractivity contribution in [2.24, 2.45) is 10.2 Å². The fraction of sp³-hybridized carbons (Fsp3) is 0.0952. The first-order valence-corrected chi connectivity index (χ1v) is 8.71. The summed E-state index contributed by atoms with van der Waals surface area (Å²) in [5, 5.41) is 8.40. The molecule has 28 heavy (non-hydrogen) atoms. The highest BCUT2D eigenvalue weighted by Gasteiger charge is 2.05. The van der Waals surface area contributed by atoms with Crippen molar-refractivity contribution >= 4 is 23.0 Å². The second-order valence-electron chi connectivity index (χ2n) is 5.95. The van der Waals surface area contributed by atoms with Crippen LogP contribution in [0.1, 0.15) is 35.6 Å². The second-order valence-corrected chi connectivity index (χ2v) is 5.95. The minimum Gasteiger partial charge on any atom is -0.278 e. The molecule has 0 radical (unpaired) electrons. The van der Waals surface area contributed by atoms with Crippen molar-refractivity contribution in [2.45, 2.75) is 13.8 Å². The summed E-state index contributed by atoms with van der Waals surface area (Å²) >= 11 is 0. The molecule has 0 spiro atoms. The number of benzene rings is 1. The number of hydrazone groups is 2. The molecule has 3 aromatic rings. The summed E-state index contributed by atoms with van der Waals surface area (Å²) in [6, 6.07) is 18.1. The number of hydrogen-bond acceptors (Lipinski definition) is 6. The van der Waals surface area contributed by atoms with Gasteiger partial charge in [0.15, 0.2) is 0 Å². The van der Waals surface area contributed by atoms with Crippen LogP contribution in [-0.2, 0) is 0 Å². The van der Waals surface area contributed by atoms with E-state index in [9.17, 15) is 4.79 Å². The van der Waals surface area contributed by atoms with Gasteiger partial charge in [0.1, 0.15) is 0 Å². The van der Waals surface area contributed by atoms with Crippen LogP contribution in [0.4, 0.5) is 5.69 Å². The number of carbonyl (C=O) groups is 1. The lowest BCUT2D eigenvalue weighted by Crippen LogP contribution is -2.19. The van der Waals surface area contributed by atoms with Crippen LogP contribution in [0.25, 0.3) is 0 Å². The van der Waals surface area contributed by atoms with Gasteiger partial charge in [0.25, 0.3) is 5.91 Å². The van der Waals surface area contributed by atoms with Crippen LogP contribution in [0, 0.1) is 0 Å². The fourth-order valence-electron chi connectivity index (χ4n) is 2.31. The van der Waals surface area contributed by atoms with E-state index >= 15 is 0 Å². The topological polar surface area (TPSA) is 91.6 Å². The number of aromatic nitrogens is 2. The van der Waals surface area contributed by atoms with Gasteiger partial charge in [-0.3, -0.25) is 20.2 Å². The Kier molecular flexibility index (Phi) is 6.20. The average Bonchev–Trinajstić information content (AvgIpc) is 2.77. The van der Waals surface area contributed by atoms with Gasteiger partial charge in [0.05, 0.1) is 28.5 Å². The number of carbonyl (C=O) groups excluding carboxylic acids is 1. The Morgan fingerprint density at radius 2 is 1.36 bits per heavy atom. The van der Waals surface area contributed by atoms with Crippen LogP contribution in [0.3, 0.4) is 0 Å². The molecule has 0 unspecified atom stereocenters. The SMILES string of the molecule is C/C(=N/NC(=O)c1ccc(N/N=C(/C)c2ccccn2)cc1)c1ccccn1. The Hall–Kier alpha value is -3.87. The zero-order valence-corrected chi connectivity index (χ0v) is 15.6. The van der Waals surface area contributed by atoms with Gasteiger partial charge in [-0.2, -0.15) is 10.2 Å². The third-order valence-corrected chi connectivity index (χ3v) is 3.90. The molecule has 2 aromatic heterocycles. The normalized spacial score (nSPS) is 11.8. The van der Waals surface area contributed by atoms with E-state index in [-0.39, 0.29) is 5.91 Å². The van der Waals surface area contributed by atoms with E-state index in [1.54, 1.807) is 43.6 Å². The lowest BCUT2D eigenvalue weighted by molar-refractivity contribution is 0.0955. The summed E-state index contributed by atoms with van der Waals surface area (Å²) in [4.78, 5) is 20.7. The van der Waals surface area contributed by atoms with Gasteiger partial charge in [0, 0.05) is 18.0 Å². The summed E-state index contributed by atoms with van der Waals surface area (Å²) < 4.78 is 0. The minimum atomic E-state index is -0.296. The smallest absolute Gasteiger partial charge is 0.271 e. The molecule has 0 bridgehead atoms. The molecule has 7 heteroatoms. The molecule has 1 aromatic carbocycles. The van der Waals surface area contributed by atoms with E-state index in [1.807, 2.05) is 43.3 Å². The van der Waals surface area contributed by atoms with E-state index in [0.29, 0.717) is 17.0 Å². The molecule has 0 aliphatic carbocycles. The lowest BCUT2D eigenvalue weighted by Gasteiger charge is -2.05. The van der Waals surface area contributed by atoms with Crippen molar-refractivity contribution in [1.82, 2.24) is 15.4 Å². The summed E-state index contributed by atoms with van der Waals surface area (Å²) in [6.45, 7) is 3.66. The Morgan fingerprint density at radius 1 is 0.786 bits per heavy atom. The molecule has 140 valence electrons. The fourth-order valence-corrected chi connectivity index (χ4v) is 2.31. The lowest BCUT2D eigenvalue weighted by atomic mass is 10.2. The number of nitrogens with one attached hydrogen (secondary N) is 2. The summed E-state index contributed by atoms with van der Waals surface area (Å²) in [5.41, 5.74) is 9.67. The van der Waals surface area contributed by atoms with Crippen LogP contribution < -0.4 is 10.9 Å². The minimum absolute atomic E-state index is 0.296. The van der Waals surface area contributed by atoms with Crippen molar-refractivity contribution in [3.05, 3.63) is 90.0 Å². The number of rotatable bonds is 6. The molecular formula is C21H20N6O. The van der Waals surface area contributed by atoms with E-state index in [1.165, 1.54) is 0 Å². The van der Waals surface area contributed by atoms with E-state index in [0.717, 1.165) is 17.1 Å². The molecule has 0 fully saturated rings. The largest absolute Gasteiger partial charge is 0.278 e. The van der Waals surface area contributed by atoms with Gasteiger partial charge in [-0.1, -0.05) is 12.1 Å². The number of pyridine rings is 2. The third-order valence-electron chi connectivity index (χ3n) is 3.90. The molecule has 0 saturated heterocycles. The monoisotopic (exact) mass is 372 g/mol. The van der Waals surface area contributed by atoms with Crippen molar-refractivity contribution in [3.8, 4) is 0 Å². The summed E-state index contributed by atoms with van der Waals surface area (Å²) in [7, 11) is 0. The van der Waals surface area contributed by atoms with Crippen molar-refractivity contribution in [2.75, 3.05) is 5.43 Å². The second kappa shape index (κ2) is 9.18. The predicted molar refractivity (Wildman–Crippen MR) is 110 cm³/mol. The van der Waals surface area contributed by atoms with Crippen molar-refractivity contribution in [3.63, 3.8) is 0 Å². The first-order chi connectivity index (χ1) is 13.6. The van der Waals surface area contributed by atoms with Gasteiger partial charge >= 0.3 is 0 Å². The summed E-state index contributed by atoms with van der Waals surface area (Å²) in [6.07, 6.45) is 3.40. The van der Waals surface area contributed by atoms with Gasteiger partial charge < -0.3 is 0 Å². The number of amides is 1. The van der Waals surface area contributed by atoms with Gasteiger partial charge in [0.2, 0.25) is 0 Å². The van der Waals surface area contributed by atoms with Gasteiger partial charge in [-0.25, -0.2) is 5.43 Å². The Bertz CT molecular complexity index is 982. The van der Waals surface area contributed by atoms with E-state index in [2.05, 4.69) is 31.0 Å². The molecule has 3 rings (SSSR count). The highest BCUT2D eigenvalue weighted by molar-refractivity contribution is 6.00. The first-order valence-electron chi connectivity index (χ1n) is 8.71.